The van der Waals surface area contributed by atoms with Gasteiger partial charge in [-0.15, -0.1) is 0 Å². The Morgan fingerprint density at radius 3 is 0.840 bits per heavy atom. The van der Waals surface area contributed by atoms with Crippen LogP contribution in [0.5, 0.6) is 0 Å². The predicted octanol–water partition coefficient (Wildman–Crippen LogP) is 17.8. The molecule has 0 amide bonds. The van der Waals surface area contributed by atoms with Gasteiger partial charge in [0.2, 0.25) is 35.2 Å². The fraction of sp³-hybridized carbons (Fsp3) is 0. The van der Waals surface area contributed by atoms with Crippen molar-refractivity contribution >= 4 is 87.5 Å². The van der Waals surface area contributed by atoms with Crippen LogP contribution in [0.1, 0.15) is 0 Å². The second-order valence-electron chi connectivity index (χ2n) is 22.9. The van der Waals surface area contributed by atoms with Crippen LogP contribution in [0.4, 0.5) is 0 Å². The van der Waals surface area contributed by atoms with Crippen LogP contribution in [-0.4, -0.2) is 68.9 Å². The standard InChI is InChI=1S/C78H44N14O2/c1-5-21-45(22-6-1)67-79-68(46-23-7-2-8-24-46)83-73(82-67)75-86-76(74-84-69(47-25-9-3-10-26-47)80-70(85-74)48-27-11-4-12-28-48)90-78(89-75)92-60-34-18-14-30-52(60)56-43-61-55(44-62(56)92)51-29-13-17-33-59(51)91(61)77-87-71(49-37-39-65-57(41-49)53-31-15-19-35-63(53)93-65)81-72(88-77)50-38-40-66-58(42-50)54-32-16-20-36-64(54)94-66/h1-44H. The highest BCUT2D eigenvalue weighted by Crippen LogP contribution is 2.41. The van der Waals surface area contributed by atoms with Crippen molar-refractivity contribution in [2.75, 3.05) is 0 Å². The Bertz CT molecular complexity index is 5860. The Labute approximate surface area is 533 Å². The summed E-state index contributed by atoms with van der Waals surface area (Å²) in [4.78, 5) is 62.9. The average Bonchev–Trinajstić information content (AvgIpc) is 1.55. The van der Waals surface area contributed by atoms with Crippen molar-refractivity contribution in [1.29, 1.82) is 0 Å². The van der Waals surface area contributed by atoms with Crippen LogP contribution in [0, 0.1) is 0 Å². The van der Waals surface area contributed by atoms with E-state index >= 15 is 0 Å². The smallest absolute Gasteiger partial charge is 0.239 e. The number of benzene rings is 11. The molecule has 0 spiro atoms. The molecule has 8 aromatic heterocycles. The van der Waals surface area contributed by atoms with Crippen molar-refractivity contribution in [2.45, 2.75) is 0 Å². The Morgan fingerprint density at radius 2 is 0.457 bits per heavy atom. The second kappa shape index (κ2) is 21.1. The maximum absolute atomic E-state index is 6.31. The zero-order valence-corrected chi connectivity index (χ0v) is 49.5. The molecule has 0 bridgehead atoms. The highest BCUT2D eigenvalue weighted by Gasteiger charge is 2.26. The maximum atomic E-state index is 6.31. The highest BCUT2D eigenvalue weighted by atomic mass is 16.3. The predicted molar refractivity (Wildman–Crippen MR) is 367 cm³/mol. The number of aromatic nitrogens is 14. The molecule has 19 aromatic rings. The molecule has 11 aromatic carbocycles. The van der Waals surface area contributed by atoms with E-state index in [1.54, 1.807) is 0 Å². The molecule has 0 unspecified atom stereocenters. The summed E-state index contributed by atoms with van der Waals surface area (Å²) in [6, 6.07) is 88.7. The molecule has 0 aliphatic carbocycles. The lowest BCUT2D eigenvalue weighted by atomic mass is 10.1. The van der Waals surface area contributed by atoms with Gasteiger partial charge >= 0.3 is 0 Å². The van der Waals surface area contributed by atoms with Crippen LogP contribution in [-0.2, 0) is 0 Å². The van der Waals surface area contributed by atoms with Crippen molar-refractivity contribution in [3.63, 3.8) is 0 Å². The van der Waals surface area contributed by atoms with E-state index in [9.17, 15) is 0 Å². The topological polar surface area (TPSA) is 191 Å². The minimum Gasteiger partial charge on any atom is -0.456 e. The van der Waals surface area contributed by atoms with Gasteiger partial charge in [-0.3, -0.25) is 9.13 Å². The monoisotopic (exact) mass is 1210 g/mol. The van der Waals surface area contributed by atoms with Crippen molar-refractivity contribution in [1.82, 2.24) is 68.9 Å². The molecule has 0 aliphatic rings. The summed E-state index contributed by atoms with van der Waals surface area (Å²) < 4.78 is 16.8. The van der Waals surface area contributed by atoms with Gasteiger partial charge in [0.25, 0.3) is 0 Å². The summed E-state index contributed by atoms with van der Waals surface area (Å²) in [5.41, 5.74) is 11.3. The van der Waals surface area contributed by atoms with Gasteiger partial charge in [-0.1, -0.05) is 194 Å². The first-order chi connectivity index (χ1) is 46.5. The molecule has 0 aliphatic heterocycles. The van der Waals surface area contributed by atoms with Crippen molar-refractivity contribution in [3.8, 4) is 104 Å². The number of rotatable bonds is 10. The molecule has 16 heteroatoms. The number of para-hydroxylation sites is 4. The summed E-state index contributed by atoms with van der Waals surface area (Å²) in [6.45, 7) is 0. The Kier molecular flexibility index (Phi) is 11.8. The van der Waals surface area contributed by atoms with Crippen molar-refractivity contribution < 1.29 is 8.83 Å². The van der Waals surface area contributed by atoms with Gasteiger partial charge in [-0.25, -0.2) is 39.9 Å². The van der Waals surface area contributed by atoms with Gasteiger partial charge in [-0.05, 0) is 72.8 Å². The molecule has 438 valence electrons. The third-order valence-electron chi connectivity index (χ3n) is 17.2. The molecule has 0 radical (unpaired) electrons. The van der Waals surface area contributed by atoms with E-state index in [-0.39, 0.29) is 29.2 Å². The molecular formula is C78H44N14O2. The van der Waals surface area contributed by atoms with Gasteiger partial charge in [0, 0.05) is 76.5 Å². The fourth-order valence-electron chi connectivity index (χ4n) is 12.8. The van der Waals surface area contributed by atoms with Gasteiger partial charge in [0.15, 0.2) is 34.9 Å². The van der Waals surface area contributed by atoms with E-state index in [4.69, 9.17) is 68.6 Å². The van der Waals surface area contributed by atoms with Gasteiger partial charge in [0.1, 0.15) is 22.3 Å². The van der Waals surface area contributed by atoms with Gasteiger partial charge in [0.05, 0.1) is 22.1 Å². The largest absolute Gasteiger partial charge is 0.456 e. The average molecular weight is 1210 g/mol. The first-order valence-corrected chi connectivity index (χ1v) is 30.6. The third-order valence-corrected chi connectivity index (χ3v) is 17.2. The first-order valence-electron chi connectivity index (χ1n) is 30.6. The summed E-state index contributed by atoms with van der Waals surface area (Å²) in [5, 5.41) is 7.67. The quantitative estimate of drug-likeness (QED) is 0.126. The molecular weight excluding hydrogens is 1160 g/mol. The van der Waals surface area contributed by atoms with Crippen LogP contribution >= 0.6 is 0 Å². The van der Waals surface area contributed by atoms with Crippen LogP contribution in [0.15, 0.2) is 276 Å². The lowest BCUT2D eigenvalue weighted by Gasteiger charge is -2.12. The lowest BCUT2D eigenvalue weighted by molar-refractivity contribution is 0.668. The summed E-state index contributed by atoms with van der Waals surface area (Å²) in [7, 11) is 0. The van der Waals surface area contributed by atoms with E-state index < -0.39 is 0 Å². The lowest BCUT2D eigenvalue weighted by Crippen LogP contribution is -2.10. The fourth-order valence-corrected chi connectivity index (χ4v) is 12.8. The van der Waals surface area contributed by atoms with E-state index in [0.29, 0.717) is 40.9 Å². The zero-order valence-electron chi connectivity index (χ0n) is 49.5. The van der Waals surface area contributed by atoms with E-state index in [0.717, 1.165) is 121 Å². The van der Waals surface area contributed by atoms with Crippen LogP contribution in [0.25, 0.3) is 191 Å². The number of fused-ring (bicyclic) bond motifs is 12. The second-order valence-corrected chi connectivity index (χ2v) is 22.9. The minimum absolute atomic E-state index is 0.171. The van der Waals surface area contributed by atoms with E-state index in [1.165, 1.54) is 0 Å². The molecule has 8 heterocycles. The van der Waals surface area contributed by atoms with E-state index in [2.05, 4.69) is 75.9 Å². The number of hydrogen-bond donors (Lipinski definition) is 0. The van der Waals surface area contributed by atoms with Crippen LogP contribution < -0.4 is 0 Å². The summed E-state index contributed by atoms with van der Waals surface area (Å²) in [6.07, 6.45) is 0. The minimum atomic E-state index is 0.171. The molecule has 0 saturated carbocycles. The molecule has 94 heavy (non-hydrogen) atoms. The number of furan rings is 2. The molecule has 19 rings (SSSR count). The highest BCUT2D eigenvalue weighted by molar-refractivity contribution is 6.19. The van der Waals surface area contributed by atoms with Gasteiger partial charge < -0.3 is 8.83 Å². The molecule has 16 nitrogen and oxygen atoms in total. The van der Waals surface area contributed by atoms with Crippen molar-refractivity contribution in [2.24, 2.45) is 0 Å². The molecule has 0 atom stereocenters. The molecule has 0 saturated heterocycles. The van der Waals surface area contributed by atoms with Gasteiger partial charge in [-0.2, -0.15) is 19.9 Å². The van der Waals surface area contributed by atoms with Crippen LogP contribution in [0.2, 0.25) is 0 Å². The van der Waals surface area contributed by atoms with Crippen molar-refractivity contribution in [3.05, 3.63) is 267 Å². The summed E-state index contributed by atoms with van der Waals surface area (Å²) >= 11 is 0. The molecule has 0 N–H and O–H groups in total. The van der Waals surface area contributed by atoms with E-state index in [1.807, 2.05) is 200 Å². The van der Waals surface area contributed by atoms with Crippen LogP contribution in [0.3, 0.4) is 0 Å². The number of hydrogen-bond acceptors (Lipinski definition) is 14. The molecule has 0 fully saturated rings. The normalized spacial score (nSPS) is 11.8. The Morgan fingerprint density at radius 1 is 0.181 bits per heavy atom. The number of nitrogens with zero attached hydrogens (tertiary/aromatic N) is 14. The maximum Gasteiger partial charge on any atom is 0.239 e. The Hall–Kier alpha value is -13.3. The summed E-state index contributed by atoms with van der Waals surface area (Å²) in [5.74, 6) is 4.24. The SMILES string of the molecule is c1ccc(-c2nc(-c3ccccc3)nc(-c3nc(-c4nc(-c5ccccc5)nc(-c5ccccc5)n4)nc(-n4c5ccccc5c5cc6c(cc54)c4ccccc4n6-c4nc(-c5ccc6oc7ccccc7c6c5)nc(-c5ccc6oc7ccccc7c6c5)n4)n3)n2)cc1. The third kappa shape index (κ3) is 8.76. The zero-order chi connectivity index (χ0) is 61.8. The first kappa shape index (κ1) is 52.6. The Balaban J connectivity index is 0.860.